The summed E-state index contributed by atoms with van der Waals surface area (Å²) in [5.74, 6) is 1.04. The molecule has 2 aromatic carbocycles. The summed E-state index contributed by atoms with van der Waals surface area (Å²) in [5, 5.41) is 2.84. The first-order valence-electron chi connectivity index (χ1n) is 11.0. The lowest BCUT2D eigenvalue weighted by Gasteiger charge is -2.30. The number of hydrogen-bond acceptors (Lipinski definition) is 6. The number of nitrogens with zero attached hydrogens (tertiary/aromatic N) is 1. The molecule has 0 aromatic heterocycles. The molecule has 2 aliphatic rings. The SMILES string of the molecule is CC(=O)c1cc2c(cc1NC(=O)CN1CCC(C(=O)CCc3ccccc3)CC1)OCO2. The van der Waals surface area contributed by atoms with E-state index >= 15 is 0 Å². The average Bonchev–Trinajstić information content (AvgIpc) is 3.25. The lowest BCUT2D eigenvalue weighted by molar-refractivity contribution is -0.124. The van der Waals surface area contributed by atoms with Crippen molar-refractivity contribution in [2.75, 3.05) is 31.7 Å². The van der Waals surface area contributed by atoms with Crippen LogP contribution in [0, 0.1) is 5.92 Å². The van der Waals surface area contributed by atoms with Crippen molar-refractivity contribution in [3.05, 3.63) is 53.6 Å². The topological polar surface area (TPSA) is 84.9 Å². The number of ether oxygens (including phenoxy) is 2. The van der Waals surface area contributed by atoms with Crippen LogP contribution in [0.4, 0.5) is 5.69 Å². The summed E-state index contributed by atoms with van der Waals surface area (Å²) in [4.78, 5) is 39.3. The van der Waals surface area contributed by atoms with Gasteiger partial charge in [-0.05, 0) is 50.9 Å². The molecular formula is C25H28N2O5. The molecule has 1 saturated heterocycles. The van der Waals surface area contributed by atoms with E-state index in [9.17, 15) is 14.4 Å². The number of fused-ring (bicyclic) bond motifs is 1. The van der Waals surface area contributed by atoms with Crippen LogP contribution in [0.15, 0.2) is 42.5 Å². The zero-order valence-corrected chi connectivity index (χ0v) is 18.3. The fourth-order valence-corrected chi connectivity index (χ4v) is 4.26. The first-order valence-corrected chi connectivity index (χ1v) is 11.0. The van der Waals surface area contributed by atoms with Gasteiger partial charge in [0.25, 0.3) is 0 Å². The third-order valence-corrected chi connectivity index (χ3v) is 6.08. The molecule has 1 N–H and O–H groups in total. The predicted octanol–water partition coefficient (Wildman–Crippen LogP) is 3.47. The first kappa shape index (κ1) is 22.0. The predicted molar refractivity (Wildman–Crippen MR) is 120 cm³/mol. The standard InChI is InChI=1S/C25H28N2O5/c1-17(28)20-13-23-24(32-16-31-23)14-21(20)26-25(30)15-27-11-9-19(10-12-27)22(29)8-7-18-5-3-2-4-6-18/h2-6,13-14,19H,7-12,15-16H2,1H3,(H,26,30). The zero-order valence-electron chi connectivity index (χ0n) is 18.3. The van der Waals surface area contributed by atoms with E-state index in [1.807, 2.05) is 30.3 Å². The molecule has 0 aliphatic carbocycles. The minimum absolute atomic E-state index is 0.0659. The molecule has 168 valence electrons. The van der Waals surface area contributed by atoms with Crippen molar-refractivity contribution in [3.63, 3.8) is 0 Å². The van der Waals surface area contributed by atoms with Crippen molar-refractivity contribution in [1.82, 2.24) is 4.90 Å². The molecule has 0 radical (unpaired) electrons. The summed E-state index contributed by atoms with van der Waals surface area (Å²) >= 11 is 0. The van der Waals surface area contributed by atoms with Gasteiger partial charge in [-0.15, -0.1) is 0 Å². The summed E-state index contributed by atoms with van der Waals surface area (Å²) in [6.07, 6.45) is 2.87. The van der Waals surface area contributed by atoms with E-state index in [0.717, 1.165) is 19.3 Å². The highest BCUT2D eigenvalue weighted by Crippen LogP contribution is 2.37. The quantitative estimate of drug-likeness (QED) is 0.638. The summed E-state index contributed by atoms with van der Waals surface area (Å²) in [6.45, 7) is 3.18. The number of rotatable bonds is 8. The normalized spacial score (nSPS) is 16.0. The van der Waals surface area contributed by atoms with E-state index in [0.29, 0.717) is 48.0 Å². The Morgan fingerprint density at radius 1 is 1.03 bits per heavy atom. The second-order valence-corrected chi connectivity index (χ2v) is 8.36. The third-order valence-electron chi connectivity index (χ3n) is 6.08. The van der Waals surface area contributed by atoms with Crippen LogP contribution in [0.2, 0.25) is 0 Å². The number of amides is 1. The van der Waals surface area contributed by atoms with Gasteiger partial charge in [-0.25, -0.2) is 0 Å². The number of aryl methyl sites for hydroxylation is 1. The number of hydrogen-bond donors (Lipinski definition) is 1. The maximum absolute atomic E-state index is 12.6. The van der Waals surface area contributed by atoms with Crippen LogP contribution in [0.5, 0.6) is 11.5 Å². The Morgan fingerprint density at radius 3 is 2.41 bits per heavy atom. The molecule has 2 aliphatic heterocycles. The van der Waals surface area contributed by atoms with Crippen LogP contribution >= 0.6 is 0 Å². The number of carbonyl (C=O) groups excluding carboxylic acids is 3. The van der Waals surface area contributed by atoms with Gasteiger partial charge in [0, 0.05) is 24.0 Å². The fourth-order valence-electron chi connectivity index (χ4n) is 4.26. The van der Waals surface area contributed by atoms with Crippen LogP contribution in [-0.4, -0.2) is 48.8 Å². The van der Waals surface area contributed by atoms with E-state index in [-0.39, 0.29) is 30.9 Å². The number of nitrogens with one attached hydrogen (secondary N) is 1. The molecule has 0 spiro atoms. The monoisotopic (exact) mass is 436 g/mol. The van der Waals surface area contributed by atoms with Crippen LogP contribution in [0.25, 0.3) is 0 Å². The number of likely N-dealkylation sites (tertiary alicyclic amines) is 1. The third kappa shape index (κ3) is 5.34. The number of piperidine rings is 1. The van der Waals surface area contributed by atoms with Crippen LogP contribution in [0.3, 0.4) is 0 Å². The van der Waals surface area contributed by atoms with E-state index in [2.05, 4.69) is 10.2 Å². The van der Waals surface area contributed by atoms with Gasteiger partial charge >= 0.3 is 0 Å². The second kappa shape index (κ2) is 9.96. The maximum atomic E-state index is 12.6. The molecule has 0 bridgehead atoms. The number of Topliss-reactive ketones (excluding diaryl/α,β-unsaturated/α-hetero) is 2. The van der Waals surface area contributed by atoms with Crippen molar-refractivity contribution in [2.24, 2.45) is 5.92 Å². The lowest BCUT2D eigenvalue weighted by Crippen LogP contribution is -2.40. The molecule has 7 heteroatoms. The minimum Gasteiger partial charge on any atom is -0.454 e. The number of benzene rings is 2. The van der Waals surface area contributed by atoms with Gasteiger partial charge in [-0.1, -0.05) is 30.3 Å². The van der Waals surface area contributed by atoms with Crippen molar-refractivity contribution in [2.45, 2.75) is 32.6 Å². The summed E-state index contributed by atoms with van der Waals surface area (Å²) in [5.41, 5.74) is 2.01. The molecular weight excluding hydrogens is 408 g/mol. The van der Waals surface area contributed by atoms with E-state index < -0.39 is 0 Å². The average molecular weight is 437 g/mol. The van der Waals surface area contributed by atoms with Crippen LogP contribution in [-0.2, 0) is 16.0 Å². The van der Waals surface area contributed by atoms with E-state index in [4.69, 9.17) is 9.47 Å². The van der Waals surface area contributed by atoms with Crippen LogP contribution in [0.1, 0.15) is 42.1 Å². The van der Waals surface area contributed by atoms with Crippen molar-refractivity contribution >= 4 is 23.2 Å². The number of carbonyl (C=O) groups is 3. The van der Waals surface area contributed by atoms with Crippen LogP contribution < -0.4 is 14.8 Å². The highest BCUT2D eigenvalue weighted by molar-refractivity contribution is 6.05. The minimum atomic E-state index is -0.194. The number of anilines is 1. The van der Waals surface area contributed by atoms with Gasteiger partial charge < -0.3 is 14.8 Å². The molecule has 2 heterocycles. The molecule has 2 aromatic rings. The Kier molecular flexibility index (Phi) is 6.85. The van der Waals surface area contributed by atoms with E-state index in [1.165, 1.54) is 12.5 Å². The van der Waals surface area contributed by atoms with Gasteiger partial charge in [0.2, 0.25) is 12.7 Å². The Bertz CT molecular complexity index is 997. The fraction of sp³-hybridized carbons (Fsp3) is 0.400. The molecule has 32 heavy (non-hydrogen) atoms. The van der Waals surface area contributed by atoms with Gasteiger partial charge in [-0.3, -0.25) is 19.3 Å². The lowest BCUT2D eigenvalue weighted by atomic mass is 9.89. The first-order chi connectivity index (χ1) is 15.5. The van der Waals surface area contributed by atoms with Crippen molar-refractivity contribution in [1.29, 1.82) is 0 Å². The highest BCUT2D eigenvalue weighted by atomic mass is 16.7. The molecule has 4 rings (SSSR count). The maximum Gasteiger partial charge on any atom is 0.238 e. The molecule has 0 unspecified atom stereocenters. The van der Waals surface area contributed by atoms with Crippen molar-refractivity contribution in [3.8, 4) is 11.5 Å². The van der Waals surface area contributed by atoms with E-state index in [1.54, 1.807) is 12.1 Å². The zero-order chi connectivity index (χ0) is 22.5. The Hall–Kier alpha value is -3.19. The summed E-state index contributed by atoms with van der Waals surface area (Å²) in [6, 6.07) is 13.3. The second-order valence-electron chi connectivity index (χ2n) is 8.36. The van der Waals surface area contributed by atoms with Crippen molar-refractivity contribution < 1.29 is 23.9 Å². The molecule has 1 amide bonds. The van der Waals surface area contributed by atoms with Gasteiger partial charge in [0.1, 0.15) is 5.78 Å². The van der Waals surface area contributed by atoms with Gasteiger partial charge in [0.15, 0.2) is 17.3 Å². The van der Waals surface area contributed by atoms with Gasteiger partial charge in [-0.2, -0.15) is 0 Å². The highest BCUT2D eigenvalue weighted by Gasteiger charge is 2.26. The smallest absolute Gasteiger partial charge is 0.238 e. The molecule has 0 atom stereocenters. The molecule has 0 saturated carbocycles. The number of ketones is 2. The summed E-state index contributed by atoms with van der Waals surface area (Å²) in [7, 11) is 0. The Balaban J connectivity index is 1.26. The Labute approximate surface area is 187 Å². The Morgan fingerprint density at radius 2 is 1.72 bits per heavy atom. The summed E-state index contributed by atoms with van der Waals surface area (Å²) < 4.78 is 10.7. The largest absolute Gasteiger partial charge is 0.454 e. The van der Waals surface area contributed by atoms with Gasteiger partial charge in [0.05, 0.1) is 12.2 Å². The molecule has 7 nitrogen and oxygen atoms in total. The molecule has 1 fully saturated rings.